The van der Waals surface area contributed by atoms with E-state index in [0.717, 1.165) is 12.8 Å². The normalized spacial score (nSPS) is 14.7. The predicted octanol–water partition coefficient (Wildman–Crippen LogP) is 1.07. The fourth-order valence-electron chi connectivity index (χ4n) is 2.45. The van der Waals surface area contributed by atoms with E-state index in [-0.39, 0.29) is 24.5 Å². The summed E-state index contributed by atoms with van der Waals surface area (Å²) in [6.07, 6.45) is 4.41. The molecule has 1 fully saturated rings. The van der Waals surface area contributed by atoms with Crippen molar-refractivity contribution >= 4 is 17.5 Å². The SMILES string of the molecule is CNC(=O)c1ccc(OCC(=O)NC2CCCC2)c(N)c1. The van der Waals surface area contributed by atoms with Crippen molar-refractivity contribution in [3.05, 3.63) is 23.8 Å². The number of carbonyl (C=O) groups excluding carboxylic acids is 2. The third kappa shape index (κ3) is 4.11. The molecule has 6 heteroatoms. The van der Waals surface area contributed by atoms with Gasteiger partial charge in [-0.05, 0) is 31.0 Å². The Hall–Kier alpha value is -2.24. The van der Waals surface area contributed by atoms with Gasteiger partial charge < -0.3 is 21.1 Å². The summed E-state index contributed by atoms with van der Waals surface area (Å²) in [6, 6.07) is 5.01. The second-order valence-corrected chi connectivity index (χ2v) is 5.17. The first-order valence-corrected chi connectivity index (χ1v) is 7.14. The minimum Gasteiger partial charge on any atom is -0.482 e. The standard InChI is InChI=1S/C15H21N3O3/c1-17-15(20)10-6-7-13(12(16)8-10)21-9-14(19)18-11-4-2-3-5-11/h6-8,11H,2-5,9,16H2,1H3,(H,17,20)(H,18,19). The van der Waals surface area contributed by atoms with Crippen LogP contribution in [0, 0.1) is 0 Å². The third-order valence-corrected chi connectivity index (χ3v) is 3.58. The van der Waals surface area contributed by atoms with Crippen LogP contribution in [0.25, 0.3) is 0 Å². The van der Waals surface area contributed by atoms with Crippen molar-refractivity contribution in [3.8, 4) is 5.75 Å². The number of benzene rings is 1. The fraction of sp³-hybridized carbons (Fsp3) is 0.467. The number of rotatable bonds is 5. The molecule has 2 rings (SSSR count). The minimum atomic E-state index is -0.216. The zero-order chi connectivity index (χ0) is 15.2. The number of nitrogens with one attached hydrogen (secondary N) is 2. The smallest absolute Gasteiger partial charge is 0.258 e. The molecule has 21 heavy (non-hydrogen) atoms. The number of anilines is 1. The largest absolute Gasteiger partial charge is 0.482 e. The Balaban J connectivity index is 1.87. The summed E-state index contributed by atoms with van der Waals surface area (Å²) in [4.78, 5) is 23.2. The van der Waals surface area contributed by atoms with Crippen LogP contribution in [-0.4, -0.2) is 31.5 Å². The highest BCUT2D eigenvalue weighted by molar-refractivity contribution is 5.95. The van der Waals surface area contributed by atoms with E-state index in [0.29, 0.717) is 17.0 Å². The summed E-state index contributed by atoms with van der Waals surface area (Å²) in [5.74, 6) is 0.0492. The van der Waals surface area contributed by atoms with E-state index >= 15 is 0 Å². The molecule has 1 aliphatic carbocycles. The van der Waals surface area contributed by atoms with Crippen LogP contribution in [0.15, 0.2) is 18.2 Å². The number of ether oxygens (including phenoxy) is 1. The fourth-order valence-corrected chi connectivity index (χ4v) is 2.45. The summed E-state index contributed by atoms with van der Waals surface area (Å²) in [7, 11) is 1.55. The van der Waals surface area contributed by atoms with Gasteiger partial charge in [0, 0.05) is 18.7 Å². The average Bonchev–Trinajstić information content (AvgIpc) is 2.98. The van der Waals surface area contributed by atoms with Crippen molar-refractivity contribution < 1.29 is 14.3 Å². The summed E-state index contributed by atoms with van der Waals surface area (Å²) < 4.78 is 5.41. The van der Waals surface area contributed by atoms with Gasteiger partial charge in [0.1, 0.15) is 5.75 Å². The van der Waals surface area contributed by atoms with Crippen molar-refractivity contribution in [2.45, 2.75) is 31.7 Å². The van der Waals surface area contributed by atoms with E-state index in [1.807, 2.05) is 0 Å². The molecule has 0 aliphatic heterocycles. The molecule has 0 aromatic heterocycles. The lowest BCUT2D eigenvalue weighted by Gasteiger charge is -2.13. The van der Waals surface area contributed by atoms with Gasteiger partial charge in [0.25, 0.3) is 11.8 Å². The summed E-state index contributed by atoms with van der Waals surface area (Å²) in [5.41, 5.74) is 6.62. The highest BCUT2D eigenvalue weighted by atomic mass is 16.5. The second-order valence-electron chi connectivity index (χ2n) is 5.17. The number of hydrogen-bond acceptors (Lipinski definition) is 4. The van der Waals surface area contributed by atoms with E-state index in [1.165, 1.54) is 18.9 Å². The topological polar surface area (TPSA) is 93.4 Å². The Labute approximate surface area is 124 Å². The minimum absolute atomic E-state index is 0.0694. The van der Waals surface area contributed by atoms with Gasteiger partial charge in [-0.25, -0.2) is 0 Å². The van der Waals surface area contributed by atoms with Gasteiger partial charge in [0.15, 0.2) is 6.61 Å². The van der Waals surface area contributed by atoms with Crippen LogP contribution in [-0.2, 0) is 4.79 Å². The van der Waals surface area contributed by atoms with E-state index in [9.17, 15) is 9.59 Å². The van der Waals surface area contributed by atoms with Gasteiger partial charge in [-0.2, -0.15) is 0 Å². The zero-order valence-electron chi connectivity index (χ0n) is 12.1. The molecule has 1 aliphatic rings. The summed E-state index contributed by atoms with van der Waals surface area (Å²) >= 11 is 0. The van der Waals surface area contributed by atoms with Gasteiger partial charge in [0.2, 0.25) is 0 Å². The van der Waals surface area contributed by atoms with Crippen LogP contribution in [0.1, 0.15) is 36.0 Å². The highest BCUT2D eigenvalue weighted by Crippen LogP contribution is 2.22. The Morgan fingerprint density at radius 1 is 1.33 bits per heavy atom. The number of hydrogen-bond donors (Lipinski definition) is 3. The maximum Gasteiger partial charge on any atom is 0.258 e. The average molecular weight is 291 g/mol. The van der Waals surface area contributed by atoms with Gasteiger partial charge in [-0.1, -0.05) is 12.8 Å². The molecule has 6 nitrogen and oxygen atoms in total. The maximum atomic E-state index is 11.8. The lowest BCUT2D eigenvalue weighted by Crippen LogP contribution is -2.36. The van der Waals surface area contributed by atoms with Crippen LogP contribution >= 0.6 is 0 Å². The first-order valence-electron chi connectivity index (χ1n) is 7.14. The number of nitrogen functional groups attached to an aromatic ring is 1. The molecular formula is C15H21N3O3. The molecule has 1 aromatic carbocycles. The summed E-state index contributed by atoms with van der Waals surface area (Å²) in [5, 5.41) is 5.46. The predicted molar refractivity (Wildman–Crippen MR) is 80.1 cm³/mol. The van der Waals surface area contributed by atoms with Crippen LogP contribution in [0.4, 0.5) is 5.69 Å². The molecule has 0 atom stereocenters. The van der Waals surface area contributed by atoms with Crippen molar-refractivity contribution in [2.24, 2.45) is 0 Å². The van der Waals surface area contributed by atoms with E-state index < -0.39 is 0 Å². The van der Waals surface area contributed by atoms with Crippen molar-refractivity contribution in [3.63, 3.8) is 0 Å². The molecule has 0 saturated heterocycles. The van der Waals surface area contributed by atoms with Crippen LogP contribution in [0.5, 0.6) is 5.75 Å². The molecule has 0 heterocycles. The lowest BCUT2D eigenvalue weighted by molar-refractivity contribution is -0.123. The summed E-state index contributed by atoms with van der Waals surface area (Å²) in [6.45, 7) is -0.0694. The zero-order valence-corrected chi connectivity index (χ0v) is 12.1. The molecular weight excluding hydrogens is 270 g/mol. The Kier molecular flexibility index (Phi) is 5.03. The first-order chi connectivity index (χ1) is 10.1. The number of amides is 2. The molecule has 1 aromatic rings. The number of nitrogens with two attached hydrogens (primary N) is 1. The molecule has 0 unspecified atom stereocenters. The van der Waals surface area contributed by atoms with Crippen LogP contribution in [0.3, 0.4) is 0 Å². The first kappa shape index (κ1) is 15.2. The molecule has 1 saturated carbocycles. The van der Waals surface area contributed by atoms with E-state index in [2.05, 4.69) is 10.6 Å². The van der Waals surface area contributed by atoms with Crippen LogP contribution in [0.2, 0.25) is 0 Å². The molecule has 2 amide bonds. The van der Waals surface area contributed by atoms with E-state index in [4.69, 9.17) is 10.5 Å². The van der Waals surface area contributed by atoms with Gasteiger partial charge in [0.05, 0.1) is 5.69 Å². The monoisotopic (exact) mass is 291 g/mol. The van der Waals surface area contributed by atoms with Gasteiger partial charge in [-0.3, -0.25) is 9.59 Å². The maximum absolute atomic E-state index is 11.8. The second kappa shape index (κ2) is 6.97. The Bertz CT molecular complexity index is 525. The molecule has 4 N–H and O–H groups in total. The molecule has 0 radical (unpaired) electrons. The quantitative estimate of drug-likeness (QED) is 0.707. The Morgan fingerprint density at radius 2 is 2.05 bits per heavy atom. The third-order valence-electron chi connectivity index (χ3n) is 3.58. The van der Waals surface area contributed by atoms with Gasteiger partial charge in [-0.15, -0.1) is 0 Å². The van der Waals surface area contributed by atoms with Crippen molar-refractivity contribution in [2.75, 3.05) is 19.4 Å². The lowest BCUT2D eigenvalue weighted by atomic mass is 10.2. The molecule has 0 spiro atoms. The number of carbonyl (C=O) groups is 2. The van der Waals surface area contributed by atoms with Gasteiger partial charge >= 0.3 is 0 Å². The van der Waals surface area contributed by atoms with Crippen molar-refractivity contribution in [1.29, 1.82) is 0 Å². The van der Waals surface area contributed by atoms with Crippen molar-refractivity contribution in [1.82, 2.24) is 10.6 Å². The van der Waals surface area contributed by atoms with Crippen LogP contribution < -0.4 is 21.1 Å². The molecule has 114 valence electrons. The molecule has 0 bridgehead atoms. The highest BCUT2D eigenvalue weighted by Gasteiger charge is 2.17. The van der Waals surface area contributed by atoms with E-state index in [1.54, 1.807) is 19.2 Å². The Morgan fingerprint density at radius 3 is 2.67 bits per heavy atom.